The second-order valence-corrected chi connectivity index (χ2v) is 6.90. The Morgan fingerprint density at radius 1 is 1.33 bits per heavy atom. The third kappa shape index (κ3) is 3.65. The Labute approximate surface area is 165 Å². The van der Waals surface area contributed by atoms with E-state index in [0.29, 0.717) is 34.0 Å². The lowest BCUT2D eigenvalue weighted by atomic mass is 10.1. The molecule has 1 saturated heterocycles. The van der Waals surface area contributed by atoms with Crippen LogP contribution in [0.5, 0.6) is 0 Å². The summed E-state index contributed by atoms with van der Waals surface area (Å²) in [5.41, 5.74) is 0.793. The third-order valence-electron chi connectivity index (χ3n) is 4.40. The van der Waals surface area contributed by atoms with Gasteiger partial charge in [0, 0.05) is 18.5 Å². The van der Waals surface area contributed by atoms with Crippen molar-refractivity contribution in [1.82, 2.24) is 14.8 Å². The van der Waals surface area contributed by atoms with Crippen LogP contribution in [0.4, 0.5) is 0 Å². The number of nitrogens with zero attached hydrogens (tertiary/aromatic N) is 2. The fraction of sp³-hybridized carbons (Fsp3) is 0.278. The Hall–Kier alpha value is -2.51. The normalized spacial score (nSPS) is 14.0. The van der Waals surface area contributed by atoms with Crippen LogP contribution in [0.25, 0.3) is 10.9 Å². The minimum atomic E-state index is -0.586. The molecule has 2 amide bonds. The molecule has 1 aliphatic rings. The summed E-state index contributed by atoms with van der Waals surface area (Å²) in [4.78, 5) is 37.6. The van der Waals surface area contributed by atoms with Gasteiger partial charge in [0.2, 0.25) is 11.8 Å². The molecule has 0 radical (unpaired) electrons. The van der Waals surface area contributed by atoms with Gasteiger partial charge in [-0.15, -0.1) is 0 Å². The Morgan fingerprint density at radius 2 is 2.04 bits per heavy atom. The third-order valence-corrected chi connectivity index (χ3v) is 5.22. The molecule has 0 saturated carbocycles. The Morgan fingerprint density at radius 3 is 2.67 bits per heavy atom. The largest absolute Gasteiger partial charge is 0.464 e. The van der Waals surface area contributed by atoms with Gasteiger partial charge in [-0.3, -0.25) is 9.59 Å². The van der Waals surface area contributed by atoms with Gasteiger partial charge in [0.1, 0.15) is 12.2 Å². The molecule has 0 aliphatic carbocycles. The minimum absolute atomic E-state index is 0.0994. The van der Waals surface area contributed by atoms with E-state index in [2.05, 4.69) is 11.9 Å². The van der Waals surface area contributed by atoms with Gasteiger partial charge in [-0.2, -0.15) is 0 Å². The van der Waals surface area contributed by atoms with Crippen molar-refractivity contribution in [1.29, 1.82) is 0 Å². The molecule has 9 heteroatoms. The van der Waals surface area contributed by atoms with Crippen molar-refractivity contribution in [3.63, 3.8) is 0 Å². The molecule has 0 spiro atoms. The molecule has 0 atom stereocenters. The summed E-state index contributed by atoms with van der Waals surface area (Å²) in [7, 11) is 1.26. The van der Waals surface area contributed by atoms with Gasteiger partial charge in [0.25, 0.3) is 0 Å². The predicted molar refractivity (Wildman–Crippen MR) is 102 cm³/mol. The van der Waals surface area contributed by atoms with Crippen LogP contribution in [0.1, 0.15) is 10.5 Å². The molecule has 0 unspecified atom stereocenters. The number of fused-ring (bicyclic) bond motifs is 1. The topological polar surface area (TPSA) is 80.6 Å². The highest BCUT2D eigenvalue weighted by Gasteiger charge is 2.30. The van der Waals surface area contributed by atoms with Crippen LogP contribution < -0.4 is 5.32 Å². The lowest BCUT2D eigenvalue weighted by molar-refractivity contribution is -0.133. The van der Waals surface area contributed by atoms with E-state index >= 15 is 0 Å². The zero-order valence-corrected chi connectivity index (χ0v) is 16.0. The minimum Gasteiger partial charge on any atom is -0.464 e. The maximum Gasteiger partial charge on any atom is 0.354 e. The Bertz CT molecular complexity index is 948. The van der Waals surface area contributed by atoms with Gasteiger partial charge in [-0.1, -0.05) is 29.8 Å². The number of rotatable bonds is 5. The molecule has 2 aromatic rings. The number of aromatic nitrogens is 1. The monoisotopic (exact) mass is 409 g/mol. The molecule has 1 fully saturated rings. The van der Waals surface area contributed by atoms with Crippen LogP contribution in [-0.4, -0.2) is 53.5 Å². The molecule has 0 bridgehead atoms. The second-order valence-electron chi connectivity index (χ2n) is 6.11. The molecule has 1 aliphatic heterocycles. The second kappa shape index (κ2) is 7.62. The zero-order chi connectivity index (χ0) is 19.7. The highest BCUT2D eigenvalue weighted by Crippen LogP contribution is 2.33. The van der Waals surface area contributed by atoms with E-state index in [0.717, 1.165) is 0 Å². The highest BCUT2D eigenvalue weighted by atomic mass is 35.5. The number of hydrogen-bond acceptors (Lipinski definition) is 4. The van der Waals surface area contributed by atoms with Crippen LogP contribution in [0, 0.1) is 0 Å². The van der Waals surface area contributed by atoms with Crippen molar-refractivity contribution in [3.05, 3.63) is 46.6 Å². The van der Waals surface area contributed by atoms with Crippen molar-refractivity contribution in [2.45, 2.75) is 12.6 Å². The molecule has 1 aromatic heterocycles. The highest BCUT2D eigenvalue weighted by molar-refractivity contribution is 6.45. The molecule has 1 N–H and O–H groups in total. The fourth-order valence-corrected chi connectivity index (χ4v) is 3.39. The summed E-state index contributed by atoms with van der Waals surface area (Å²) in [5.74, 6) is -1.05. The molecule has 3 rings (SSSR count). The first-order chi connectivity index (χ1) is 12.8. The first-order valence-corrected chi connectivity index (χ1v) is 8.87. The van der Waals surface area contributed by atoms with E-state index in [1.807, 2.05) is 0 Å². The van der Waals surface area contributed by atoms with E-state index < -0.39 is 5.97 Å². The molecular weight excluding hydrogens is 393 g/mol. The molecule has 7 nitrogen and oxygen atoms in total. The van der Waals surface area contributed by atoms with E-state index in [1.54, 1.807) is 23.1 Å². The number of benzene rings is 1. The number of ether oxygens (including phenoxy) is 1. The van der Waals surface area contributed by atoms with Gasteiger partial charge >= 0.3 is 5.97 Å². The molecule has 1 aromatic carbocycles. The number of methoxy groups -OCH3 is 1. The smallest absolute Gasteiger partial charge is 0.354 e. The number of nitrogens with one attached hydrogen (secondary N) is 1. The summed E-state index contributed by atoms with van der Waals surface area (Å²) in [5, 5.41) is 4.05. The average molecular weight is 410 g/mol. The number of esters is 1. The maximum atomic E-state index is 12.5. The zero-order valence-electron chi connectivity index (χ0n) is 14.5. The van der Waals surface area contributed by atoms with Crippen LogP contribution >= 0.6 is 23.2 Å². The number of carbonyl (C=O) groups is 3. The standard InChI is InChI=1S/C18H17Cl2N3O4/c1-3-16(25)22-7-10(8-22)21-15(24)9-23-13-5-4-12(19)17(20)11(13)6-14(23)18(26)27-2/h3-6,10H,1,7-9H2,2H3,(H,21,24). The summed E-state index contributed by atoms with van der Waals surface area (Å²) in [6.07, 6.45) is 1.24. The number of halogens is 2. The predicted octanol–water partition coefficient (Wildman–Crippen LogP) is 2.25. The Kier molecular flexibility index (Phi) is 5.43. The summed E-state index contributed by atoms with van der Waals surface area (Å²) in [6.45, 7) is 4.18. The number of likely N-dealkylation sites (tertiary alicyclic amines) is 1. The lowest BCUT2D eigenvalue weighted by Gasteiger charge is -2.38. The van der Waals surface area contributed by atoms with E-state index in [4.69, 9.17) is 27.9 Å². The molecule has 2 heterocycles. The average Bonchev–Trinajstić information content (AvgIpc) is 2.98. The first kappa shape index (κ1) is 19.3. The first-order valence-electron chi connectivity index (χ1n) is 8.12. The van der Waals surface area contributed by atoms with E-state index in [-0.39, 0.29) is 30.1 Å². The van der Waals surface area contributed by atoms with Crippen LogP contribution in [-0.2, 0) is 20.9 Å². The quantitative estimate of drug-likeness (QED) is 0.606. The number of hydrogen-bond donors (Lipinski definition) is 1. The van der Waals surface area contributed by atoms with Crippen LogP contribution in [0.3, 0.4) is 0 Å². The van der Waals surface area contributed by atoms with Crippen molar-refractivity contribution in [2.24, 2.45) is 0 Å². The molecular formula is C18H17Cl2N3O4. The molecule has 142 valence electrons. The van der Waals surface area contributed by atoms with Gasteiger partial charge < -0.3 is 19.5 Å². The van der Waals surface area contributed by atoms with Gasteiger partial charge in [0.15, 0.2) is 0 Å². The van der Waals surface area contributed by atoms with Crippen molar-refractivity contribution in [3.8, 4) is 0 Å². The Balaban J connectivity index is 1.80. The van der Waals surface area contributed by atoms with E-state index in [1.165, 1.54) is 17.8 Å². The summed E-state index contributed by atoms with van der Waals surface area (Å²) >= 11 is 12.3. The fourth-order valence-electron chi connectivity index (χ4n) is 3.01. The van der Waals surface area contributed by atoms with Crippen LogP contribution in [0.2, 0.25) is 10.0 Å². The van der Waals surface area contributed by atoms with Crippen molar-refractivity contribution >= 4 is 51.9 Å². The van der Waals surface area contributed by atoms with Crippen molar-refractivity contribution < 1.29 is 19.1 Å². The maximum absolute atomic E-state index is 12.5. The summed E-state index contributed by atoms with van der Waals surface area (Å²) in [6, 6.07) is 4.71. The summed E-state index contributed by atoms with van der Waals surface area (Å²) < 4.78 is 6.34. The van der Waals surface area contributed by atoms with Crippen LogP contribution in [0.15, 0.2) is 30.9 Å². The SMILES string of the molecule is C=CC(=O)N1CC(NC(=O)Cn2c(C(=O)OC)cc3c(Cl)c(Cl)ccc32)C1. The van der Waals surface area contributed by atoms with Crippen molar-refractivity contribution in [2.75, 3.05) is 20.2 Å². The molecule has 27 heavy (non-hydrogen) atoms. The van der Waals surface area contributed by atoms with Gasteiger partial charge in [-0.25, -0.2) is 4.79 Å². The van der Waals surface area contributed by atoms with Gasteiger partial charge in [0.05, 0.1) is 28.7 Å². The number of carbonyl (C=O) groups excluding carboxylic acids is 3. The lowest BCUT2D eigenvalue weighted by Crippen LogP contribution is -2.61. The van der Waals surface area contributed by atoms with E-state index in [9.17, 15) is 14.4 Å². The van der Waals surface area contributed by atoms with Gasteiger partial charge in [-0.05, 0) is 24.3 Å². The number of amides is 2.